The van der Waals surface area contributed by atoms with Gasteiger partial charge in [0.25, 0.3) is 0 Å². The van der Waals surface area contributed by atoms with E-state index in [1.54, 1.807) is 0 Å². The number of aryl methyl sites for hydroxylation is 1. The molecule has 1 aliphatic heterocycles. The summed E-state index contributed by atoms with van der Waals surface area (Å²) in [5, 5.41) is 8.01. The van der Waals surface area contributed by atoms with Crippen LogP contribution >= 0.6 is 0 Å². The number of hydrogen-bond donors (Lipinski definition) is 1. The molecule has 0 atom stereocenters. The van der Waals surface area contributed by atoms with Crippen molar-refractivity contribution >= 4 is 11.9 Å². The first kappa shape index (κ1) is 22.8. The number of nitrogens with zero attached hydrogens (tertiary/aromatic N) is 5. The number of guanidine groups is 1. The maximum Gasteiger partial charge on any atom is 0.222 e. The number of rotatable bonds is 8. The number of aliphatic imine (C=N–C) groups is 1. The molecule has 31 heavy (non-hydrogen) atoms. The minimum absolute atomic E-state index is 0.265. The molecule has 0 spiro atoms. The molecule has 1 amide bonds. The monoisotopic (exact) mass is 424 g/mol. The van der Waals surface area contributed by atoms with Crippen LogP contribution < -0.4 is 5.32 Å². The Morgan fingerprint density at radius 3 is 2.58 bits per heavy atom. The van der Waals surface area contributed by atoms with E-state index >= 15 is 0 Å². The van der Waals surface area contributed by atoms with E-state index in [2.05, 4.69) is 73.6 Å². The highest BCUT2D eigenvalue weighted by atomic mass is 16.2. The molecule has 0 bridgehead atoms. The van der Waals surface area contributed by atoms with Gasteiger partial charge in [-0.3, -0.25) is 9.48 Å². The average molecular weight is 425 g/mol. The van der Waals surface area contributed by atoms with Crippen molar-refractivity contribution in [2.24, 2.45) is 12.0 Å². The summed E-state index contributed by atoms with van der Waals surface area (Å²) in [5.74, 6) is 1.53. The highest BCUT2D eigenvalue weighted by Crippen LogP contribution is 2.19. The molecule has 1 aliphatic rings. The Balaban J connectivity index is 1.64. The van der Waals surface area contributed by atoms with Crippen molar-refractivity contribution in [1.29, 1.82) is 0 Å². The summed E-state index contributed by atoms with van der Waals surface area (Å²) in [4.78, 5) is 20.8. The fraction of sp³-hybridized carbons (Fsp3) is 0.542. The fourth-order valence-corrected chi connectivity index (χ4v) is 3.97. The number of nitrogens with one attached hydrogen (secondary N) is 1. The van der Waals surface area contributed by atoms with E-state index in [1.165, 1.54) is 11.1 Å². The molecule has 7 nitrogen and oxygen atoms in total. The summed E-state index contributed by atoms with van der Waals surface area (Å²) in [6.45, 7) is 10.2. The van der Waals surface area contributed by atoms with E-state index in [0.717, 1.165) is 43.3 Å². The van der Waals surface area contributed by atoms with E-state index in [9.17, 15) is 4.79 Å². The van der Waals surface area contributed by atoms with Gasteiger partial charge in [-0.2, -0.15) is 5.10 Å². The zero-order valence-electron chi connectivity index (χ0n) is 19.6. The number of hydrogen-bond acceptors (Lipinski definition) is 3. The van der Waals surface area contributed by atoms with Crippen LogP contribution in [0, 0.1) is 0 Å². The highest BCUT2D eigenvalue weighted by Gasteiger charge is 2.20. The van der Waals surface area contributed by atoms with Crippen LogP contribution in [0.2, 0.25) is 0 Å². The maximum atomic E-state index is 11.8. The van der Waals surface area contributed by atoms with Crippen molar-refractivity contribution in [2.75, 3.05) is 20.1 Å². The number of benzene rings is 1. The first-order valence-electron chi connectivity index (χ1n) is 11.2. The largest absolute Gasteiger partial charge is 0.357 e. The molecule has 3 rings (SSSR count). The molecule has 168 valence electrons. The number of aromatic nitrogens is 2. The summed E-state index contributed by atoms with van der Waals surface area (Å²) >= 11 is 0. The lowest BCUT2D eigenvalue weighted by Gasteiger charge is -2.22. The van der Waals surface area contributed by atoms with Gasteiger partial charge in [-0.1, -0.05) is 38.1 Å². The second-order valence-corrected chi connectivity index (χ2v) is 8.63. The molecular weight excluding hydrogens is 388 g/mol. The van der Waals surface area contributed by atoms with Crippen LogP contribution in [-0.2, 0) is 31.5 Å². The topological polar surface area (TPSA) is 65.8 Å². The van der Waals surface area contributed by atoms with Crippen LogP contribution in [-0.4, -0.2) is 51.6 Å². The van der Waals surface area contributed by atoms with Crippen molar-refractivity contribution < 1.29 is 4.79 Å². The Morgan fingerprint density at radius 1 is 1.26 bits per heavy atom. The molecular formula is C24H36N6O. The molecule has 1 aromatic heterocycles. The molecule has 1 fully saturated rings. The molecule has 0 unspecified atom stereocenters. The normalized spacial score (nSPS) is 14.6. The van der Waals surface area contributed by atoms with Gasteiger partial charge in [0.1, 0.15) is 0 Å². The smallest absolute Gasteiger partial charge is 0.222 e. The molecule has 2 heterocycles. The molecule has 2 aromatic rings. The van der Waals surface area contributed by atoms with Crippen LogP contribution in [0.3, 0.4) is 0 Å². The minimum Gasteiger partial charge on any atom is -0.357 e. The van der Waals surface area contributed by atoms with Gasteiger partial charge in [-0.05, 0) is 30.4 Å². The summed E-state index contributed by atoms with van der Waals surface area (Å²) in [7, 11) is 4.03. The van der Waals surface area contributed by atoms with Crippen molar-refractivity contribution in [3.05, 3.63) is 52.8 Å². The lowest BCUT2D eigenvalue weighted by Crippen LogP contribution is -2.38. The Bertz CT molecular complexity index is 899. The number of likely N-dealkylation sites (tertiary alicyclic amines) is 1. The maximum absolute atomic E-state index is 11.8. The first-order valence-corrected chi connectivity index (χ1v) is 11.2. The van der Waals surface area contributed by atoms with Crippen LogP contribution in [0.25, 0.3) is 0 Å². The second-order valence-electron chi connectivity index (χ2n) is 8.63. The lowest BCUT2D eigenvalue weighted by molar-refractivity contribution is -0.128. The number of carbonyl (C=O) groups is 1. The quantitative estimate of drug-likeness (QED) is 0.522. The zero-order valence-corrected chi connectivity index (χ0v) is 19.6. The molecule has 7 heteroatoms. The standard InChI is InChI=1S/C24H36N6O/c1-6-25-24(28(4)16-21-17-29(5)27-23(21)18(2)3)26-14-19-9-11-20(12-10-19)15-30-13-7-8-22(30)31/h9-12,17-18H,6-8,13-16H2,1-5H3,(H,25,26). The highest BCUT2D eigenvalue weighted by molar-refractivity contribution is 5.79. The molecule has 1 saturated heterocycles. The van der Waals surface area contributed by atoms with E-state index in [0.29, 0.717) is 25.4 Å². The Hall–Kier alpha value is -2.83. The van der Waals surface area contributed by atoms with Gasteiger partial charge in [0.2, 0.25) is 5.91 Å². The average Bonchev–Trinajstić information content (AvgIpc) is 3.31. The fourth-order valence-electron chi connectivity index (χ4n) is 3.97. The first-order chi connectivity index (χ1) is 14.9. The molecule has 0 radical (unpaired) electrons. The third kappa shape index (κ3) is 6.09. The molecule has 1 N–H and O–H groups in total. The van der Waals surface area contributed by atoms with Gasteiger partial charge in [0.05, 0.1) is 12.2 Å². The van der Waals surface area contributed by atoms with E-state index < -0.39 is 0 Å². The van der Waals surface area contributed by atoms with Crippen LogP contribution in [0.4, 0.5) is 0 Å². The van der Waals surface area contributed by atoms with Gasteiger partial charge in [0.15, 0.2) is 5.96 Å². The SMILES string of the molecule is CCNC(=NCc1ccc(CN2CCCC2=O)cc1)N(C)Cc1cn(C)nc1C(C)C. The third-order valence-corrected chi connectivity index (χ3v) is 5.57. The van der Waals surface area contributed by atoms with Crippen molar-refractivity contribution in [3.8, 4) is 0 Å². The van der Waals surface area contributed by atoms with Crippen LogP contribution in [0.1, 0.15) is 61.9 Å². The van der Waals surface area contributed by atoms with Gasteiger partial charge in [-0.15, -0.1) is 0 Å². The minimum atomic E-state index is 0.265. The Kier molecular flexibility index (Phi) is 7.71. The second kappa shape index (κ2) is 10.5. The summed E-state index contributed by atoms with van der Waals surface area (Å²) in [6.07, 6.45) is 3.76. The molecule has 0 aliphatic carbocycles. The molecule has 0 saturated carbocycles. The van der Waals surface area contributed by atoms with E-state index in [1.807, 2.05) is 16.6 Å². The van der Waals surface area contributed by atoms with Crippen molar-refractivity contribution in [1.82, 2.24) is 24.9 Å². The van der Waals surface area contributed by atoms with Crippen LogP contribution in [0.5, 0.6) is 0 Å². The van der Waals surface area contributed by atoms with Gasteiger partial charge in [-0.25, -0.2) is 4.99 Å². The molecule has 1 aromatic carbocycles. The third-order valence-electron chi connectivity index (χ3n) is 5.57. The van der Waals surface area contributed by atoms with Crippen molar-refractivity contribution in [2.45, 2.75) is 59.2 Å². The Labute approximate surface area is 186 Å². The Morgan fingerprint density at radius 2 is 1.97 bits per heavy atom. The van der Waals surface area contributed by atoms with Gasteiger partial charge in [0, 0.05) is 58.5 Å². The summed E-state index contributed by atoms with van der Waals surface area (Å²) < 4.78 is 1.89. The van der Waals surface area contributed by atoms with Gasteiger partial charge >= 0.3 is 0 Å². The number of amides is 1. The lowest BCUT2D eigenvalue weighted by atomic mass is 10.1. The number of carbonyl (C=O) groups excluding carboxylic acids is 1. The summed E-state index contributed by atoms with van der Waals surface area (Å²) in [5.41, 5.74) is 4.69. The van der Waals surface area contributed by atoms with Crippen LogP contribution in [0.15, 0.2) is 35.5 Å². The zero-order chi connectivity index (χ0) is 22.4. The van der Waals surface area contributed by atoms with E-state index in [4.69, 9.17) is 4.99 Å². The predicted molar refractivity (Wildman–Crippen MR) is 125 cm³/mol. The van der Waals surface area contributed by atoms with Gasteiger partial charge < -0.3 is 15.1 Å². The summed E-state index contributed by atoms with van der Waals surface area (Å²) in [6, 6.07) is 8.44. The van der Waals surface area contributed by atoms with E-state index in [-0.39, 0.29) is 5.91 Å². The van der Waals surface area contributed by atoms with Crippen molar-refractivity contribution in [3.63, 3.8) is 0 Å². The predicted octanol–water partition coefficient (Wildman–Crippen LogP) is 3.26.